The predicted molar refractivity (Wildman–Crippen MR) is 102 cm³/mol. The van der Waals surface area contributed by atoms with Crippen LogP contribution in [0.3, 0.4) is 0 Å². The zero-order chi connectivity index (χ0) is 18.5. The maximum atomic E-state index is 13.6. The number of ether oxygens (including phenoxy) is 1. The van der Waals surface area contributed by atoms with E-state index >= 15 is 0 Å². The van der Waals surface area contributed by atoms with E-state index in [-0.39, 0.29) is 24.2 Å². The van der Waals surface area contributed by atoms with E-state index < -0.39 is 0 Å². The first-order valence-electron chi connectivity index (χ1n) is 8.59. The lowest BCUT2D eigenvalue weighted by atomic mass is 9.96. The molecule has 0 unspecified atom stereocenters. The molecule has 0 atom stereocenters. The lowest BCUT2D eigenvalue weighted by Crippen LogP contribution is -2.41. The van der Waals surface area contributed by atoms with Crippen molar-refractivity contribution in [1.29, 1.82) is 0 Å². The van der Waals surface area contributed by atoms with Crippen molar-refractivity contribution in [2.24, 2.45) is 11.7 Å². The largest absolute Gasteiger partial charge is 0.489 e. The van der Waals surface area contributed by atoms with Crippen LogP contribution in [0.25, 0.3) is 0 Å². The van der Waals surface area contributed by atoms with Crippen molar-refractivity contribution in [2.75, 3.05) is 13.1 Å². The van der Waals surface area contributed by atoms with Gasteiger partial charge in [-0.3, -0.25) is 4.79 Å². The Balaban J connectivity index is 1.56. The number of hydrogen-bond acceptors (Lipinski definition) is 3. The highest BCUT2D eigenvalue weighted by atomic mass is 32.1. The third-order valence-corrected chi connectivity index (χ3v) is 5.13. The Morgan fingerprint density at radius 1 is 1.15 bits per heavy atom. The first-order chi connectivity index (χ1) is 12.5. The maximum absolute atomic E-state index is 13.6. The summed E-state index contributed by atoms with van der Waals surface area (Å²) >= 11 is 5.57. The number of amides is 1. The Morgan fingerprint density at radius 3 is 2.42 bits per heavy atom. The van der Waals surface area contributed by atoms with Gasteiger partial charge < -0.3 is 15.4 Å². The molecule has 2 aromatic rings. The fraction of sp³-hybridized carbons (Fsp3) is 0.300. The van der Waals surface area contributed by atoms with Gasteiger partial charge >= 0.3 is 0 Å². The minimum atomic E-state index is -0.273. The zero-order valence-electron chi connectivity index (χ0n) is 14.4. The van der Waals surface area contributed by atoms with Crippen LogP contribution < -0.4 is 10.5 Å². The first kappa shape index (κ1) is 18.3. The fourth-order valence-corrected chi connectivity index (χ4v) is 3.34. The molecule has 4 nitrogen and oxygen atoms in total. The Bertz CT molecular complexity index is 787. The molecular formula is C20H21FN2O2S. The summed E-state index contributed by atoms with van der Waals surface area (Å²) in [4.78, 5) is 14.1. The van der Waals surface area contributed by atoms with Crippen molar-refractivity contribution >= 4 is 23.1 Å². The van der Waals surface area contributed by atoms with Crippen LogP contribution in [0, 0.1) is 11.7 Å². The fourth-order valence-electron chi connectivity index (χ4n) is 3.02. The van der Waals surface area contributed by atoms with E-state index in [1.54, 1.807) is 18.2 Å². The number of halogens is 1. The van der Waals surface area contributed by atoms with Gasteiger partial charge in [0.2, 0.25) is 5.91 Å². The summed E-state index contributed by atoms with van der Waals surface area (Å²) < 4.78 is 19.3. The highest BCUT2D eigenvalue weighted by Crippen LogP contribution is 2.21. The van der Waals surface area contributed by atoms with Crippen LogP contribution in [0.2, 0.25) is 0 Å². The van der Waals surface area contributed by atoms with Gasteiger partial charge in [-0.25, -0.2) is 4.39 Å². The minimum Gasteiger partial charge on any atom is -0.489 e. The standard InChI is InChI=1S/C20H21FN2O2S/c21-18-4-2-1-3-16(18)13-25-17-7-5-15(6-8-17)20(26)23-11-9-14(10-12-23)19(22)24/h1-8,14H,9-13H2,(H2,22,24). The minimum absolute atomic E-state index is 0.0526. The van der Waals surface area contributed by atoms with Crippen molar-refractivity contribution in [3.63, 3.8) is 0 Å². The molecule has 6 heteroatoms. The smallest absolute Gasteiger partial charge is 0.220 e. The second-order valence-electron chi connectivity index (χ2n) is 6.37. The van der Waals surface area contributed by atoms with Crippen LogP contribution in [0.4, 0.5) is 4.39 Å². The van der Waals surface area contributed by atoms with E-state index in [1.165, 1.54) is 6.07 Å². The van der Waals surface area contributed by atoms with E-state index in [2.05, 4.69) is 4.90 Å². The maximum Gasteiger partial charge on any atom is 0.220 e. The summed E-state index contributed by atoms with van der Waals surface area (Å²) in [5.41, 5.74) is 6.81. The van der Waals surface area contributed by atoms with Gasteiger partial charge in [0, 0.05) is 30.1 Å². The molecule has 3 rings (SSSR count). The molecule has 26 heavy (non-hydrogen) atoms. The molecule has 0 saturated carbocycles. The lowest BCUT2D eigenvalue weighted by Gasteiger charge is -2.32. The average molecular weight is 372 g/mol. The zero-order valence-corrected chi connectivity index (χ0v) is 15.2. The summed E-state index contributed by atoms with van der Waals surface area (Å²) in [6.45, 7) is 1.65. The second-order valence-corrected chi connectivity index (χ2v) is 6.76. The molecule has 2 N–H and O–H groups in total. The van der Waals surface area contributed by atoms with Crippen molar-refractivity contribution < 1.29 is 13.9 Å². The third-order valence-electron chi connectivity index (χ3n) is 4.64. The van der Waals surface area contributed by atoms with Crippen molar-refractivity contribution in [3.05, 3.63) is 65.5 Å². The highest BCUT2D eigenvalue weighted by Gasteiger charge is 2.24. The van der Waals surface area contributed by atoms with E-state index in [0.29, 0.717) is 11.3 Å². The highest BCUT2D eigenvalue weighted by molar-refractivity contribution is 7.80. The Morgan fingerprint density at radius 2 is 1.81 bits per heavy atom. The molecule has 0 radical (unpaired) electrons. The van der Waals surface area contributed by atoms with Crippen LogP contribution in [0.15, 0.2) is 48.5 Å². The Hall–Kier alpha value is -2.47. The van der Waals surface area contributed by atoms with E-state index in [4.69, 9.17) is 22.7 Å². The quantitative estimate of drug-likeness (QED) is 0.819. The van der Waals surface area contributed by atoms with E-state index in [0.717, 1.165) is 36.5 Å². The van der Waals surface area contributed by atoms with Crippen molar-refractivity contribution in [3.8, 4) is 5.75 Å². The van der Waals surface area contributed by atoms with Crippen molar-refractivity contribution in [1.82, 2.24) is 4.90 Å². The summed E-state index contributed by atoms with van der Waals surface area (Å²) in [6, 6.07) is 14.0. The number of carbonyl (C=O) groups is 1. The molecule has 0 aliphatic carbocycles. The van der Waals surface area contributed by atoms with E-state index in [1.807, 2.05) is 24.3 Å². The SMILES string of the molecule is NC(=O)C1CCN(C(=S)c2ccc(OCc3ccccc3F)cc2)CC1. The normalized spacial score (nSPS) is 14.9. The topological polar surface area (TPSA) is 55.6 Å². The van der Waals surface area contributed by atoms with Crippen LogP contribution >= 0.6 is 12.2 Å². The van der Waals surface area contributed by atoms with Crippen LogP contribution in [0.1, 0.15) is 24.0 Å². The van der Waals surface area contributed by atoms with Gasteiger partial charge in [0.25, 0.3) is 0 Å². The molecule has 1 heterocycles. The lowest BCUT2D eigenvalue weighted by molar-refractivity contribution is -0.122. The molecule has 0 aromatic heterocycles. The summed E-state index contributed by atoms with van der Waals surface area (Å²) in [7, 11) is 0. The molecular weight excluding hydrogens is 351 g/mol. The number of carbonyl (C=O) groups excluding carboxylic acids is 1. The van der Waals surface area contributed by atoms with Crippen LogP contribution in [-0.4, -0.2) is 28.9 Å². The summed E-state index contributed by atoms with van der Waals surface area (Å²) in [6.07, 6.45) is 1.47. The molecule has 0 spiro atoms. The average Bonchev–Trinajstić information content (AvgIpc) is 2.67. The molecule has 1 aliphatic heterocycles. The first-order valence-corrected chi connectivity index (χ1v) is 9.00. The number of primary amides is 1. The molecule has 2 aromatic carbocycles. The van der Waals surface area contributed by atoms with Crippen LogP contribution in [-0.2, 0) is 11.4 Å². The number of nitrogens with two attached hydrogens (primary N) is 1. The Kier molecular flexibility index (Phi) is 5.83. The van der Waals surface area contributed by atoms with Gasteiger partial charge in [0.1, 0.15) is 23.2 Å². The Labute approximate surface area is 157 Å². The third kappa shape index (κ3) is 4.38. The molecule has 136 valence electrons. The van der Waals surface area contributed by atoms with Gasteiger partial charge in [-0.05, 0) is 43.2 Å². The van der Waals surface area contributed by atoms with Gasteiger partial charge in [-0.2, -0.15) is 0 Å². The van der Waals surface area contributed by atoms with Gasteiger partial charge in [-0.1, -0.05) is 30.4 Å². The molecule has 1 saturated heterocycles. The van der Waals surface area contributed by atoms with Crippen LogP contribution in [0.5, 0.6) is 5.75 Å². The number of likely N-dealkylation sites (tertiary alicyclic amines) is 1. The second kappa shape index (κ2) is 8.27. The van der Waals surface area contributed by atoms with Gasteiger partial charge in [0.05, 0.1) is 0 Å². The molecule has 1 fully saturated rings. The number of piperidine rings is 1. The van der Waals surface area contributed by atoms with Gasteiger partial charge in [0.15, 0.2) is 0 Å². The molecule has 1 amide bonds. The van der Waals surface area contributed by atoms with Crippen molar-refractivity contribution in [2.45, 2.75) is 19.4 Å². The number of rotatable bonds is 5. The van der Waals surface area contributed by atoms with E-state index in [9.17, 15) is 9.18 Å². The number of thiocarbonyl (C=S) groups is 1. The summed E-state index contributed by atoms with van der Waals surface area (Å²) in [5, 5.41) is 0. The summed E-state index contributed by atoms with van der Waals surface area (Å²) in [5.74, 6) is 0.104. The number of benzene rings is 2. The van der Waals surface area contributed by atoms with Gasteiger partial charge in [-0.15, -0.1) is 0 Å². The predicted octanol–water partition coefficient (Wildman–Crippen LogP) is 3.28. The monoisotopic (exact) mass is 372 g/mol. The number of nitrogens with zero attached hydrogens (tertiary/aromatic N) is 1. The molecule has 0 bridgehead atoms. The molecule has 1 aliphatic rings. The number of hydrogen-bond donors (Lipinski definition) is 1.